The lowest BCUT2D eigenvalue weighted by Crippen LogP contribution is -2.49. The van der Waals surface area contributed by atoms with Crippen molar-refractivity contribution in [3.8, 4) is 23.8 Å². The standard InChI is InChI=1S/C44H57N3O7S/c1-6-10-19-39(49)38(29-48)45-43(52)33(16-14-15-25-47(8-3)9-4)27-41(51)42(31(5)7-2)46-44(53)37(34-24-26-55-30-34)28-40(50)32-20-22-36(23-21-32)54-35-17-12-11-13-18-35/h1,11-13,17-18,20-24,26,30-31,33,37-38,42,48H,7-10,14-16,19,25,27-29H2,2-5H3,(H,45,52)(H,46,53)/t31-,33+,37-,38-,42?/m0/s1. The van der Waals surface area contributed by atoms with Gasteiger partial charge in [-0.25, -0.2) is 0 Å². The molecule has 1 heterocycles. The van der Waals surface area contributed by atoms with E-state index in [-0.39, 0.29) is 49.0 Å². The predicted molar refractivity (Wildman–Crippen MR) is 217 cm³/mol. The highest BCUT2D eigenvalue weighted by molar-refractivity contribution is 7.08. The van der Waals surface area contributed by atoms with Gasteiger partial charge in [0.15, 0.2) is 17.3 Å². The van der Waals surface area contributed by atoms with Gasteiger partial charge in [0.2, 0.25) is 11.8 Å². The molecule has 1 aromatic heterocycles. The summed E-state index contributed by atoms with van der Waals surface area (Å²) in [6.07, 6.45) is 7.67. The molecule has 2 amide bonds. The van der Waals surface area contributed by atoms with Crippen LogP contribution in [0.4, 0.5) is 0 Å². The maximum atomic E-state index is 14.2. The SMILES string of the molecule is C#CCCC(=O)[C@H](CO)NC(=O)[C@H](CCCCN(CC)CC)CC(=O)C(NC(=O)[C@@H](CC(=O)c1ccc(Oc2ccccc2)cc1)c1ccsc1)[C@@H](C)CC. The van der Waals surface area contributed by atoms with Gasteiger partial charge < -0.3 is 25.4 Å². The quantitative estimate of drug-likeness (QED) is 0.0451. The third-order valence-electron chi connectivity index (χ3n) is 10.1. The molecule has 3 N–H and O–H groups in total. The number of para-hydroxylation sites is 1. The highest BCUT2D eigenvalue weighted by atomic mass is 32.1. The second kappa shape index (κ2) is 24.0. The van der Waals surface area contributed by atoms with Crippen LogP contribution in [0.3, 0.4) is 0 Å². The minimum atomic E-state index is -1.13. The highest BCUT2D eigenvalue weighted by Gasteiger charge is 2.34. The number of carbonyl (C=O) groups is 5. The van der Waals surface area contributed by atoms with E-state index in [1.165, 1.54) is 11.3 Å². The van der Waals surface area contributed by atoms with E-state index in [2.05, 4.69) is 35.3 Å². The fraction of sp³-hybridized carbons (Fsp3) is 0.477. The Morgan fingerprint density at radius 3 is 2.16 bits per heavy atom. The van der Waals surface area contributed by atoms with E-state index < -0.39 is 42.3 Å². The van der Waals surface area contributed by atoms with Crippen molar-refractivity contribution in [1.82, 2.24) is 15.5 Å². The Bertz CT molecular complexity index is 1680. The molecular weight excluding hydrogens is 715 g/mol. The number of thiophene rings is 1. The van der Waals surface area contributed by atoms with Crippen molar-refractivity contribution >= 4 is 40.5 Å². The van der Waals surface area contributed by atoms with Crippen molar-refractivity contribution in [3.63, 3.8) is 0 Å². The number of terminal acetylenes is 1. The monoisotopic (exact) mass is 771 g/mol. The molecule has 0 saturated heterocycles. The van der Waals surface area contributed by atoms with Crippen molar-refractivity contribution in [2.75, 3.05) is 26.2 Å². The molecule has 0 fully saturated rings. The van der Waals surface area contributed by atoms with Crippen LogP contribution >= 0.6 is 11.3 Å². The summed E-state index contributed by atoms with van der Waals surface area (Å²) in [5.74, 6) is -0.137. The van der Waals surface area contributed by atoms with Crippen LogP contribution in [-0.2, 0) is 19.2 Å². The van der Waals surface area contributed by atoms with Crippen molar-refractivity contribution in [2.24, 2.45) is 11.8 Å². The molecule has 2 aromatic carbocycles. The van der Waals surface area contributed by atoms with Gasteiger partial charge in [0, 0.05) is 37.2 Å². The molecule has 3 rings (SSSR count). The zero-order chi connectivity index (χ0) is 40.2. The van der Waals surface area contributed by atoms with Crippen molar-refractivity contribution in [1.29, 1.82) is 0 Å². The summed E-state index contributed by atoms with van der Waals surface area (Å²) in [7, 11) is 0. The zero-order valence-electron chi connectivity index (χ0n) is 32.6. The number of aliphatic hydroxyl groups is 1. The fourth-order valence-corrected chi connectivity index (χ4v) is 7.06. The van der Waals surface area contributed by atoms with Gasteiger partial charge in [0.1, 0.15) is 17.5 Å². The largest absolute Gasteiger partial charge is 0.457 e. The Labute approximate surface area is 330 Å². The second-order valence-electron chi connectivity index (χ2n) is 13.9. The first-order valence-corrected chi connectivity index (χ1v) is 20.3. The average molecular weight is 772 g/mol. The number of amides is 2. The molecule has 5 atom stereocenters. The molecule has 11 heteroatoms. The van der Waals surface area contributed by atoms with Gasteiger partial charge in [-0.05, 0) is 97.2 Å². The molecule has 3 aromatic rings. The molecule has 0 saturated carbocycles. The van der Waals surface area contributed by atoms with Gasteiger partial charge >= 0.3 is 0 Å². The number of carbonyl (C=O) groups excluding carboxylic acids is 5. The molecule has 0 aliphatic heterocycles. The van der Waals surface area contributed by atoms with Gasteiger partial charge in [-0.15, -0.1) is 12.3 Å². The van der Waals surface area contributed by atoms with Crippen LogP contribution in [0.25, 0.3) is 0 Å². The van der Waals surface area contributed by atoms with Crippen LogP contribution in [-0.4, -0.2) is 77.5 Å². The second-order valence-corrected chi connectivity index (χ2v) is 14.6. The van der Waals surface area contributed by atoms with E-state index in [1.54, 1.807) is 30.3 Å². The summed E-state index contributed by atoms with van der Waals surface area (Å²) >= 11 is 1.41. The van der Waals surface area contributed by atoms with Crippen molar-refractivity contribution in [3.05, 3.63) is 82.6 Å². The molecule has 0 spiro atoms. The Morgan fingerprint density at radius 1 is 0.873 bits per heavy atom. The zero-order valence-corrected chi connectivity index (χ0v) is 33.4. The first-order chi connectivity index (χ1) is 26.5. The van der Waals surface area contributed by atoms with E-state index in [1.807, 2.05) is 54.9 Å². The van der Waals surface area contributed by atoms with Crippen LogP contribution in [0.5, 0.6) is 11.5 Å². The number of hydrogen-bond acceptors (Lipinski definition) is 9. The number of nitrogens with zero attached hydrogens (tertiary/aromatic N) is 1. The van der Waals surface area contributed by atoms with Gasteiger partial charge in [0.05, 0.1) is 18.6 Å². The topological polar surface area (TPSA) is 142 Å². The first-order valence-electron chi connectivity index (χ1n) is 19.4. The Balaban J connectivity index is 1.78. The smallest absolute Gasteiger partial charge is 0.228 e. The van der Waals surface area contributed by atoms with Crippen LogP contribution in [0.2, 0.25) is 0 Å². The third-order valence-corrected chi connectivity index (χ3v) is 10.8. The van der Waals surface area contributed by atoms with E-state index in [9.17, 15) is 29.1 Å². The number of rotatable bonds is 26. The molecule has 296 valence electrons. The summed E-state index contributed by atoms with van der Waals surface area (Å²) < 4.78 is 5.86. The minimum Gasteiger partial charge on any atom is -0.457 e. The average Bonchev–Trinajstić information content (AvgIpc) is 3.74. The fourth-order valence-electron chi connectivity index (χ4n) is 6.35. The van der Waals surface area contributed by atoms with E-state index in [0.29, 0.717) is 41.9 Å². The summed E-state index contributed by atoms with van der Waals surface area (Å²) in [5, 5.41) is 19.2. The minimum absolute atomic E-state index is 0.0133. The molecule has 55 heavy (non-hydrogen) atoms. The lowest BCUT2D eigenvalue weighted by Gasteiger charge is -2.28. The molecule has 0 radical (unpaired) electrons. The van der Waals surface area contributed by atoms with Gasteiger partial charge in [-0.2, -0.15) is 11.3 Å². The Kier molecular flexibility index (Phi) is 19.5. The lowest BCUT2D eigenvalue weighted by atomic mass is 9.86. The molecule has 10 nitrogen and oxygen atoms in total. The highest BCUT2D eigenvalue weighted by Crippen LogP contribution is 2.28. The van der Waals surface area contributed by atoms with Gasteiger partial charge in [-0.3, -0.25) is 24.0 Å². The lowest BCUT2D eigenvalue weighted by molar-refractivity contribution is -0.135. The number of benzene rings is 2. The number of ether oxygens (including phenoxy) is 1. The summed E-state index contributed by atoms with van der Waals surface area (Å²) in [5.41, 5.74) is 1.10. The number of hydrogen-bond donors (Lipinski definition) is 3. The van der Waals surface area contributed by atoms with E-state index in [0.717, 1.165) is 26.1 Å². The summed E-state index contributed by atoms with van der Waals surface area (Å²) in [4.78, 5) is 70.5. The molecule has 1 unspecified atom stereocenters. The van der Waals surface area contributed by atoms with E-state index in [4.69, 9.17) is 11.2 Å². The number of aliphatic hydroxyl groups excluding tert-OH is 1. The number of nitrogens with one attached hydrogen (secondary N) is 2. The molecule has 0 bridgehead atoms. The molecule has 0 aliphatic rings. The molecule has 0 aliphatic carbocycles. The van der Waals surface area contributed by atoms with Crippen LogP contribution in [0.15, 0.2) is 71.4 Å². The van der Waals surface area contributed by atoms with Crippen molar-refractivity contribution < 1.29 is 33.8 Å². The molecular formula is C44H57N3O7S. The third kappa shape index (κ3) is 14.5. The number of ketones is 3. The van der Waals surface area contributed by atoms with Crippen LogP contribution < -0.4 is 15.4 Å². The normalized spacial score (nSPS) is 13.8. The van der Waals surface area contributed by atoms with Crippen molar-refractivity contribution in [2.45, 2.75) is 97.1 Å². The summed E-state index contributed by atoms with van der Waals surface area (Å²) in [6.45, 7) is 10.0. The summed E-state index contributed by atoms with van der Waals surface area (Å²) in [6, 6.07) is 15.8. The van der Waals surface area contributed by atoms with Crippen LogP contribution in [0.1, 0.15) is 101 Å². The van der Waals surface area contributed by atoms with Gasteiger partial charge in [0.25, 0.3) is 0 Å². The van der Waals surface area contributed by atoms with Gasteiger partial charge in [-0.1, -0.05) is 58.7 Å². The maximum Gasteiger partial charge on any atom is 0.228 e. The van der Waals surface area contributed by atoms with E-state index >= 15 is 0 Å². The van der Waals surface area contributed by atoms with Crippen LogP contribution in [0, 0.1) is 24.2 Å². The number of unbranched alkanes of at least 4 members (excludes halogenated alkanes) is 1. The Morgan fingerprint density at radius 2 is 1.56 bits per heavy atom. The number of Topliss-reactive ketones (excluding diaryl/α,β-unsaturated/α-hetero) is 3. The maximum absolute atomic E-state index is 14.2. The predicted octanol–water partition coefficient (Wildman–Crippen LogP) is 6.98. The first kappa shape index (κ1) is 44.8. The Hall–Kier alpha value is -4.63.